The van der Waals surface area contributed by atoms with Gasteiger partial charge in [-0.3, -0.25) is 0 Å². The van der Waals surface area contributed by atoms with E-state index in [-0.39, 0.29) is 11.9 Å². The highest BCUT2D eigenvalue weighted by molar-refractivity contribution is 14.1. The van der Waals surface area contributed by atoms with E-state index in [2.05, 4.69) is 0 Å². The van der Waals surface area contributed by atoms with Gasteiger partial charge in [-0.25, -0.2) is 0 Å². The van der Waals surface area contributed by atoms with E-state index >= 15 is 0 Å². The highest BCUT2D eigenvalue weighted by Crippen LogP contribution is 2.37. The van der Waals surface area contributed by atoms with Crippen molar-refractivity contribution in [2.24, 2.45) is 0 Å². The van der Waals surface area contributed by atoms with Gasteiger partial charge < -0.3 is 4.74 Å². The minimum absolute atomic E-state index is 0.0951. The molecule has 0 bridgehead atoms. The molecule has 1 rings (SSSR count). The van der Waals surface area contributed by atoms with Crippen molar-refractivity contribution in [3.8, 4) is 5.75 Å². The van der Waals surface area contributed by atoms with E-state index in [1.165, 1.54) is 6.07 Å². The Morgan fingerprint density at radius 2 is 2.00 bits per heavy atom. The van der Waals surface area contributed by atoms with Gasteiger partial charge in [0.25, 0.3) is 0 Å². The van der Waals surface area contributed by atoms with Crippen LogP contribution in [-0.2, 0) is 6.18 Å². The van der Waals surface area contributed by atoms with E-state index in [4.69, 9.17) is 4.74 Å². The Morgan fingerprint density at radius 3 is 2.50 bits per heavy atom. The van der Waals surface area contributed by atoms with E-state index in [0.717, 1.165) is 6.07 Å². The number of alkyl halides is 3. The molecular formula is C11H12F3IO. The maximum Gasteiger partial charge on any atom is 0.419 e. The topological polar surface area (TPSA) is 9.23 Å². The maximum absolute atomic E-state index is 12.7. The van der Waals surface area contributed by atoms with Crippen LogP contribution < -0.4 is 4.74 Å². The molecule has 0 fully saturated rings. The predicted octanol–water partition coefficient (Wildman–Crippen LogP) is 4.49. The van der Waals surface area contributed by atoms with Gasteiger partial charge >= 0.3 is 6.18 Å². The zero-order valence-electron chi connectivity index (χ0n) is 8.94. The van der Waals surface area contributed by atoms with E-state index in [9.17, 15) is 13.2 Å². The minimum atomic E-state index is -4.37. The van der Waals surface area contributed by atoms with Gasteiger partial charge in [0.05, 0.1) is 11.7 Å². The summed E-state index contributed by atoms with van der Waals surface area (Å²) in [7, 11) is 0. The average Bonchev–Trinajstić information content (AvgIpc) is 2.19. The van der Waals surface area contributed by atoms with Crippen LogP contribution in [0.5, 0.6) is 5.75 Å². The first-order valence-electron chi connectivity index (χ1n) is 4.88. The van der Waals surface area contributed by atoms with Crippen molar-refractivity contribution >= 4 is 22.6 Å². The molecule has 0 spiro atoms. The fourth-order valence-electron chi connectivity index (χ4n) is 1.13. The quantitative estimate of drug-likeness (QED) is 0.735. The van der Waals surface area contributed by atoms with Crippen LogP contribution in [0.15, 0.2) is 18.2 Å². The second kappa shape index (κ2) is 5.25. The van der Waals surface area contributed by atoms with Crippen molar-refractivity contribution in [2.45, 2.75) is 32.5 Å². The Morgan fingerprint density at radius 1 is 1.38 bits per heavy atom. The molecule has 1 aromatic carbocycles. The zero-order chi connectivity index (χ0) is 12.3. The SMILES string of the molecule is CCC(C)Oc1ccc(I)cc1C(F)(F)F. The lowest BCUT2D eigenvalue weighted by atomic mass is 10.2. The van der Waals surface area contributed by atoms with Crippen LogP contribution >= 0.6 is 22.6 Å². The van der Waals surface area contributed by atoms with Crippen LogP contribution in [0.2, 0.25) is 0 Å². The molecule has 0 radical (unpaired) electrons. The van der Waals surface area contributed by atoms with E-state index in [1.54, 1.807) is 13.0 Å². The lowest BCUT2D eigenvalue weighted by Crippen LogP contribution is -2.15. The van der Waals surface area contributed by atoms with Crippen molar-refractivity contribution in [1.82, 2.24) is 0 Å². The van der Waals surface area contributed by atoms with E-state index in [1.807, 2.05) is 29.5 Å². The smallest absolute Gasteiger partial charge is 0.419 e. The third kappa shape index (κ3) is 3.54. The molecule has 1 nitrogen and oxygen atoms in total. The van der Waals surface area contributed by atoms with Gasteiger partial charge in [-0.1, -0.05) is 6.92 Å². The Balaban J connectivity index is 3.08. The third-order valence-corrected chi connectivity index (χ3v) is 2.82. The summed E-state index contributed by atoms with van der Waals surface area (Å²) in [4.78, 5) is 0. The molecule has 0 heterocycles. The fourth-order valence-corrected chi connectivity index (χ4v) is 1.62. The molecule has 1 atom stereocenters. The molecule has 90 valence electrons. The molecule has 0 aromatic heterocycles. The first-order valence-corrected chi connectivity index (χ1v) is 5.96. The molecule has 0 saturated carbocycles. The Hall–Kier alpha value is -0.460. The molecule has 0 saturated heterocycles. The van der Waals surface area contributed by atoms with Crippen LogP contribution in [0.25, 0.3) is 0 Å². The number of hydrogen-bond acceptors (Lipinski definition) is 1. The summed E-state index contributed by atoms with van der Waals surface area (Å²) in [5, 5.41) is 0. The molecular weight excluding hydrogens is 332 g/mol. The predicted molar refractivity (Wildman–Crippen MR) is 64.5 cm³/mol. The molecule has 0 amide bonds. The lowest BCUT2D eigenvalue weighted by Gasteiger charge is -2.17. The third-order valence-electron chi connectivity index (χ3n) is 2.15. The van der Waals surface area contributed by atoms with Crippen LogP contribution in [0.1, 0.15) is 25.8 Å². The molecule has 16 heavy (non-hydrogen) atoms. The van der Waals surface area contributed by atoms with Gasteiger partial charge in [-0.2, -0.15) is 13.2 Å². The molecule has 1 aromatic rings. The van der Waals surface area contributed by atoms with Gasteiger partial charge in [-0.05, 0) is 54.1 Å². The van der Waals surface area contributed by atoms with Crippen LogP contribution in [-0.4, -0.2) is 6.10 Å². The van der Waals surface area contributed by atoms with Crippen molar-refractivity contribution in [1.29, 1.82) is 0 Å². The van der Waals surface area contributed by atoms with Crippen LogP contribution in [0.3, 0.4) is 0 Å². The summed E-state index contributed by atoms with van der Waals surface area (Å²) >= 11 is 1.85. The molecule has 0 N–H and O–H groups in total. The molecule has 0 aliphatic carbocycles. The monoisotopic (exact) mass is 344 g/mol. The molecule has 0 aliphatic heterocycles. The van der Waals surface area contributed by atoms with Gasteiger partial charge in [0.1, 0.15) is 5.75 Å². The second-order valence-electron chi connectivity index (χ2n) is 3.47. The van der Waals surface area contributed by atoms with Crippen molar-refractivity contribution < 1.29 is 17.9 Å². The summed E-state index contributed by atoms with van der Waals surface area (Å²) in [6, 6.07) is 4.07. The maximum atomic E-state index is 12.7. The lowest BCUT2D eigenvalue weighted by molar-refractivity contribution is -0.139. The number of benzene rings is 1. The number of halogens is 4. The minimum Gasteiger partial charge on any atom is -0.490 e. The fraction of sp³-hybridized carbons (Fsp3) is 0.455. The van der Waals surface area contributed by atoms with Gasteiger partial charge in [0, 0.05) is 3.57 Å². The van der Waals surface area contributed by atoms with Crippen LogP contribution in [0.4, 0.5) is 13.2 Å². The second-order valence-corrected chi connectivity index (χ2v) is 4.72. The summed E-state index contributed by atoms with van der Waals surface area (Å²) in [6.07, 6.45) is -3.92. The van der Waals surface area contributed by atoms with Crippen molar-refractivity contribution in [3.63, 3.8) is 0 Å². The summed E-state index contributed by atoms with van der Waals surface area (Å²) < 4.78 is 43.9. The Bertz CT molecular complexity index is 363. The number of ether oxygens (including phenoxy) is 1. The summed E-state index contributed by atoms with van der Waals surface area (Å²) in [5.41, 5.74) is -0.709. The number of rotatable bonds is 3. The van der Waals surface area contributed by atoms with E-state index < -0.39 is 11.7 Å². The Kier molecular flexibility index (Phi) is 4.46. The highest BCUT2D eigenvalue weighted by atomic mass is 127. The zero-order valence-corrected chi connectivity index (χ0v) is 11.1. The van der Waals surface area contributed by atoms with Gasteiger partial charge in [-0.15, -0.1) is 0 Å². The summed E-state index contributed by atoms with van der Waals surface area (Å²) in [5.74, 6) is -0.0951. The first-order chi connectivity index (χ1) is 7.34. The first kappa shape index (κ1) is 13.6. The van der Waals surface area contributed by atoms with Crippen molar-refractivity contribution in [2.75, 3.05) is 0 Å². The molecule has 5 heteroatoms. The van der Waals surface area contributed by atoms with Crippen LogP contribution in [0, 0.1) is 3.57 Å². The standard InChI is InChI=1S/C11H12F3IO/c1-3-7(2)16-10-5-4-8(15)6-9(10)11(12,13)14/h4-7H,3H2,1-2H3. The van der Waals surface area contributed by atoms with Gasteiger partial charge in [0.2, 0.25) is 0 Å². The molecule has 1 unspecified atom stereocenters. The van der Waals surface area contributed by atoms with Gasteiger partial charge in [0.15, 0.2) is 0 Å². The Labute approximate surface area is 106 Å². The average molecular weight is 344 g/mol. The normalized spacial score (nSPS) is 13.6. The largest absolute Gasteiger partial charge is 0.490 e. The number of hydrogen-bond donors (Lipinski definition) is 0. The van der Waals surface area contributed by atoms with E-state index in [0.29, 0.717) is 9.99 Å². The summed E-state index contributed by atoms with van der Waals surface area (Å²) in [6.45, 7) is 3.61. The molecule has 0 aliphatic rings. The highest BCUT2D eigenvalue weighted by Gasteiger charge is 2.34. The van der Waals surface area contributed by atoms with Crippen molar-refractivity contribution in [3.05, 3.63) is 27.3 Å².